The molecule has 7 nitrogen and oxygen atoms in total. The van der Waals surface area contributed by atoms with E-state index in [4.69, 9.17) is 4.74 Å². The average molecular weight is 571 g/mol. The van der Waals surface area contributed by atoms with Gasteiger partial charge in [0.15, 0.2) is 0 Å². The molecular weight excluding hydrogens is 532 g/mol. The van der Waals surface area contributed by atoms with Crippen molar-refractivity contribution in [2.24, 2.45) is 17.8 Å². The van der Waals surface area contributed by atoms with Gasteiger partial charge in [-0.15, -0.1) is 11.3 Å². The molecule has 5 aliphatic carbocycles. The Balaban J connectivity index is 1.22. The van der Waals surface area contributed by atoms with Crippen LogP contribution < -0.4 is 9.62 Å². The van der Waals surface area contributed by atoms with Gasteiger partial charge in [0, 0.05) is 4.88 Å². The largest absolute Gasteiger partial charge is 0.462 e. The second kappa shape index (κ2) is 10.2. The summed E-state index contributed by atoms with van der Waals surface area (Å²) < 4.78 is 32.1. The molecule has 9 heteroatoms. The first-order chi connectivity index (χ1) is 18.6. The predicted molar refractivity (Wildman–Crippen MR) is 154 cm³/mol. The summed E-state index contributed by atoms with van der Waals surface area (Å²) in [5, 5.41) is 3.31. The fourth-order valence-electron chi connectivity index (χ4n) is 8.22. The van der Waals surface area contributed by atoms with Crippen LogP contribution in [0.5, 0.6) is 0 Å². The van der Waals surface area contributed by atoms with Crippen molar-refractivity contribution in [3.8, 4) is 0 Å². The van der Waals surface area contributed by atoms with Gasteiger partial charge in [-0.3, -0.25) is 9.10 Å². The van der Waals surface area contributed by atoms with Gasteiger partial charge in [-0.2, -0.15) is 0 Å². The third kappa shape index (κ3) is 5.12. The van der Waals surface area contributed by atoms with Crippen LogP contribution in [0, 0.1) is 17.8 Å². The Labute approximate surface area is 235 Å². The molecule has 1 aromatic carbocycles. The highest BCUT2D eigenvalue weighted by Gasteiger charge is 2.51. The quantitative estimate of drug-likeness (QED) is 0.413. The first kappa shape index (κ1) is 26.8. The first-order valence-corrected chi connectivity index (χ1v) is 17.0. The number of rotatable bonds is 8. The van der Waals surface area contributed by atoms with Crippen molar-refractivity contribution in [3.05, 3.63) is 45.8 Å². The Morgan fingerprint density at radius 3 is 2.23 bits per heavy atom. The van der Waals surface area contributed by atoms with Crippen LogP contribution in [0.1, 0.15) is 84.7 Å². The van der Waals surface area contributed by atoms with E-state index in [-0.39, 0.29) is 18.6 Å². The molecule has 0 saturated heterocycles. The lowest BCUT2D eigenvalue weighted by Gasteiger charge is -2.57. The highest BCUT2D eigenvalue weighted by atomic mass is 32.2. The minimum Gasteiger partial charge on any atom is -0.462 e. The lowest BCUT2D eigenvalue weighted by Crippen LogP contribution is -2.48. The summed E-state index contributed by atoms with van der Waals surface area (Å²) in [6.07, 6.45) is 12.7. The van der Waals surface area contributed by atoms with Crippen LogP contribution in [-0.4, -0.2) is 39.7 Å². The standard InChI is InChI=1S/C30H38N2O5S2/c1-3-37-29(34)27-24-6-4-5-7-25(24)38-28(27)31-26(33)18-32(39(2,35)36)23-10-8-22(9-11-23)30-15-19-12-20(16-30)14-21(13-19)17-30/h8-11,19-21H,3-7,12-18H2,1-2H3,(H,31,33). The van der Waals surface area contributed by atoms with Crippen LogP contribution in [0.3, 0.4) is 0 Å². The highest BCUT2D eigenvalue weighted by Crippen LogP contribution is 2.60. The SMILES string of the molecule is CCOC(=O)c1c(NC(=O)CN(c2ccc(C34CC5CC(CC(C5)C3)C4)cc2)S(C)(=O)=O)sc2c1CCCC2. The number of ether oxygens (including phenoxy) is 1. The third-order valence-electron chi connectivity index (χ3n) is 9.40. The molecule has 1 heterocycles. The number of fused-ring (bicyclic) bond motifs is 1. The summed E-state index contributed by atoms with van der Waals surface area (Å²) in [6, 6.07) is 7.89. The van der Waals surface area contributed by atoms with Gasteiger partial charge in [0.2, 0.25) is 15.9 Å². The fourth-order valence-corrected chi connectivity index (χ4v) is 10.4. The maximum atomic E-state index is 13.2. The van der Waals surface area contributed by atoms with Crippen LogP contribution in [-0.2, 0) is 37.8 Å². The van der Waals surface area contributed by atoms with Crippen LogP contribution in [0.25, 0.3) is 0 Å². The molecule has 39 heavy (non-hydrogen) atoms. The Kier molecular flexibility index (Phi) is 7.03. The fraction of sp³-hybridized carbons (Fsp3) is 0.600. The topological polar surface area (TPSA) is 92.8 Å². The molecule has 4 fully saturated rings. The minimum atomic E-state index is -3.72. The normalized spacial score (nSPS) is 27.2. The molecular formula is C30H38N2O5S2. The minimum absolute atomic E-state index is 0.225. The Bertz CT molecular complexity index is 1340. The molecule has 4 bridgehead atoms. The summed E-state index contributed by atoms with van der Waals surface area (Å²) in [7, 11) is -3.72. The number of carbonyl (C=O) groups excluding carboxylic acids is 2. The lowest BCUT2D eigenvalue weighted by atomic mass is 9.48. The smallest absolute Gasteiger partial charge is 0.341 e. The van der Waals surface area contributed by atoms with Crippen molar-refractivity contribution >= 4 is 43.9 Å². The molecule has 2 aromatic rings. The number of aryl methyl sites for hydroxylation is 1. The molecule has 1 amide bonds. The van der Waals surface area contributed by atoms with Crippen molar-refractivity contribution in [1.82, 2.24) is 0 Å². The maximum absolute atomic E-state index is 13.2. The number of nitrogens with zero attached hydrogens (tertiary/aromatic N) is 1. The molecule has 0 atom stereocenters. The van der Waals surface area contributed by atoms with Crippen LogP contribution in [0.15, 0.2) is 24.3 Å². The number of hydrogen-bond donors (Lipinski definition) is 1. The first-order valence-electron chi connectivity index (χ1n) is 14.3. The van der Waals surface area contributed by atoms with Crippen molar-refractivity contribution in [1.29, 1.82) is 0 Å². The zero-order valence-corrected chi connectivity index (χ0v) is 24.5. The van der Waals surface area contributed by atoms with E-state index in [1.165, 1.54) is 55.4 Å². The number of benzene rings is 1. The molecule has 5 aliphatic rings. The number of carbonyl (C=O) groups is 2. The number of hydrogen-bond acceptors (Lipinski definition) is 6. The van der Waals surface area contributed by atoms with E-state index < -0.39 is 21.9 Å². The van der Waals surface area contributed by atoms with Crippen LogP contribution in [0.2, 0.25) is 0 Å². The molecule has 1 aromatic heterocycles. The third-order valence-corrected chi connectivity index (χ3v) is 11.7. The van der Waals surface area contributed by atoms with Gasteiger partial charge in [0.05, 0.1) is 24.1 Å². The van der Waals surface area contributed by atoms with E-state index in [0.29, 0.717) is 16.3 Å². The monoisotopic (exact) mass is 570 g/mol. The van der Waals surface area contributed by atoms with Crippen LogP contribution >= 0.6 is 11.3 Å². The van der Waals surface area contributed by atoms with Crippen molar-refractivity contribution in [2.75, 3.05) is 29.0 Å². The number of anilines is 2. The zero-order valence-electron chi connectivity index (χ0n) is 22.8. The summed E-state index contributed by atoms with van der Waals surface area (Å²) in [5.41, 5.74) is 3.40. The molecule has 7 rings (SSSR count). The number of nitrogens with one attached hydrogen (secondary N) is 1. The van der Waals surface area contributed by atoms with E-state index in [1.807, 2.05) is 12.1 Å². The molecule has 0 unspecified atom stereocenters. The number of esters is 1. The summed E-state index contributed by atoms with van der Waals surface area (Å²) in [5.74, 6) is 1.57. The van der Waals surface area contributed by atoms with Gasteiger partial charge < -0.3 is 10.1 Å². The average Bonchev–Trinajstić information content (AvgIpc) is 3.24. The maximum Gasteiger partial charge on any atom is 0.341 e. The van der Waals surface area contributed by atoms with Gasteiger partial charge in [0.1, 0.15) is 11.5 Å². The molecule has 210 valence electrons. The second-order valence-corrected chi connectivity index (χ2v) is 15.2. The van der Waals surface area contributed by atoms with Gasteiger partial charge >= 0.3 is 5.97 Å². The summed E-state index contributed by atoms with van der Waals surface area (Å²) in [4.78, 5) is 27.1. The van der Waals surface area contributed by atoms with Crippen molar-refractivity contribution < 1.29 is 22.7 Å². The zero-order chi connectivity index (χ0) is 27.4. The van der Waals surface area contributed by atoms with E-state index in [2.05, 4.69) is 17.4 Å². The van der Waals surface area contributed by atoms with E-state index in [0.717, 1.165) is 64.4 Å². The molecule has 0 aliphatic heterocycles. The predicted octanol–water partition coefficient (Wildman–Crippen LogP) is 5.68. The number of thiophene rings is 1. The summed E-state index contributed by atoms with van der Waals surface area (Å²) >= 11 is 1.40. The van der Waals surface area contributed by atoms with Crippen molar-refractivity contribution in [3.63, 3.8) is 0 Å². The van der Waals surface area contributed by atoms with E-state index in [9.17, 15) is 18.0 Å². The van der Waals surface area contributed by atoms with E-state index in [1.54, 1.807) is 6.92 Å². The van der Waals surface area contributed by atoms with E-state index >= 15 is 0 Å². The highest BCUT2D eigenvalue weighted by molar-refractivity contribution is 7.92. The Hall–Kier alpha value is -2.39. The van der Waals surface area contributed by atoms with Crippen LogP contribution in [0.4, 0.5) is 10.7 Å². The molecule has 0 spiro atoms. The van der Waals surface area contributed by atoms with Crippen molar-refractivity contribution in [2.45, 2.75) is 76.5 Å². The van der Waals surface area contributed by atoms with Gasteiger partial charge in [0.25, 0.3) is 0 Å². The molecule has 0 radical (unpaired) electrons. The Morgan fingerprint density at radius 1 is 1.03 bits per heavy atom. The Morgan fingerprint density at radius 2 is 1.64 bits per heavy atom. The lowest BCUT2D eigenvalue weighted by molar-refractivity contribution is -0.114. The number of sulfonamides is 1. The number of amides is 1. The summed E-state index contributed by atoms with van der Waals surface area (Å²) in [6.45, 7) is 1.64. The molecule has 1 N–H and O–H groups in total. The van der Waals surface area contributed by atoms with Gasteiger partial charge in [-0.05, 0) is 118 Å². The van der Waals surface area contributed by atoms with Gasteiger partial charge in [-0.1, -0.05) is 12.1 Å². The molecule has 4 saturated carbocycles. The second-order valence-electron chi connectivity index (χ2n) is 12.2. The van der Waals surface area contributed by atoms with Gasteiger partial charge in [-0.25, -0.2) is 13.2 Å².